The highest BCUT2D eigenvalue weighted by molar-refractivity contribution is 7.99. The molecule has 0 heterocycles. The molecule has 2 atom stereocenters. The third kappa shape index (κ3) is 3.80. The number of thioether (sulfide) groups is 1. The Labute approximate surface area is 122 Å². The van der Waals surface area contributed by atoms with Crippen LogP contribution < -0.4 is 5.32 Å². The van der Waals surface area contributed by atoms with Crippen molar-refractivity contribution in [1.82, 2.24) is 5.32 Å². The van der Waals surface area contributed by atoms with Crippen molar-refractivity contribution in [3.8, 4) is 5.75 Å². The van der Waals surface area contributed by atoms with Gasteiger partial charge in [-0.15, -0.1) is 0 Å². The van der Waals surface area contributed by atoms with Crippen molar-refractivity contribution in [2.24, 2.45) is 0 Å². The zero-order valence-corrected chi connectivity index (χ0v) is 12.4. The number of carbonyl (C=O) groups is 1. The summed E-state index contributed by atoms with van der Waals surface area (Å²) in [6.07, 6.45) is 6.49. The van der Waals surface area contributed by atoms with Crippen molar-refractivity contribution >= 4 is 29.3 Å². The number of hydrogen-bond donors (Lipinski definition) is 2. The zero-order chi connectivity index (χ0) is 13.8. The van der Waals surface area contributed by atoms with Crippen molar-refractivity contribution < 1.29 is 9.90 Å². The van der Waals surface area contributed by atoms with Gasteiger partial charge in [-0.2, -0.15) is 11.8 Å². The number of amides is 1. The third-order valence-electron chi connectivity index (χ3n) is 3.49. The van der Waals surface area contributed by atoms with E-state index < -0.39 is 0 Å². The Bertz CT molecular complexity index is 467. The van der Waals surface area contributed by atoms with Gasteiger partial charge in [0.25, 0.3) is 5.91 Å². The van der Waals surface area contributed by atoms with Gasteiger partial charge in [0, 0.05) is 11.3 Å². The summed E-state index contributed by atoms with van der Waals surface area (Å²) in [7, 11) is 0. The van der Waals surface area contributed by atoms with Gasteiger partial charge in [0.05, 0.1) is 10.6 Å². The maximum atomic E-state index is 12.2. The number of benzene rings is 1. The Morgan fingerprint density at radius 3 is 3.00 bits per heavy atom. The number of rotatable bonds is 3. The summed E-state index contributed by atoms with van der Waals surface area (Å²) in [4.78, 5) is 12.2. The lowest BCUT2D eigenvalue weighted by Gasteiger charge is -2.28. The number of hydrogen-bond acceptors (Lipinski definition) is 3. The molecule has 0 aromatic heterocycles. The van der Waals surface area contributed by atoms with E-state index in [2.05, 4.69) is 11.6 Å². The van der Waals surface area contributed by atoms with Gasteiger partial charge in [0.15, 0.2) is 0 Å². The molecule has 0 aliphatic heterocycles. The van der Waals surface area contributed by atoms with Crippen molar-refractivity contribution in [2.75, 3.05) is 6.26 Å². The zero-order valence-electron chi connectivity index (χ0n) is 10.9. The molecule has 0 radical (unpaired) electrons. The lowest BCUT2D eigenvalue weighted by molar-refractivity contribution is 0.0928. The Morgan fingerprint density at radius 1 is 1.47 bits per heavy atom. The van der Waals surface area contributed by atoms with Gasteiger partial charge in [-0.3, -0.25) is 4.79 Å². The Hall–Kier alpha value is -0.870. The molecule has 0 saturated heterocycles. The maximum Gasteiger partial charge on any atom is 0.253 e. The summed E-state index contributed by atoms with van der Waals surface area (Å²) in [5, 5.41) is 13.4. The van der Waals surface area contributed by atoms with Crippen LogP contribution in [-0.4, -0.2) is 28.6 Å². The predicted molar refractivity (Wildman–Crippen MR) is 80.1 cm³/mol. The third-order valence-corrected chi connectivity index (χ3v) is 4.91. The molecule has 1 amide bonds. The van der Waals surface area contributed by atoms with Gasteiger partial charge in [0.1, 0.15) is 5.75 Å². The summed E-state index contributed by atoms with van der Waals surface area (Å²) in [5.74, 6) is -0.146. The second kappa shape index (κ2) is 6.53. The van der Waals surface area contributed by atoms with Crippen LogP contribution in [0.1, 0.15) is 36.0 Å². The van der Waals surface area contributed by atoms with E-state index in [1.165, 1.54) is 24.6 Å². The minimum absolute atomic E-state index is 0.0557. The number of phenolic OH excluding ortho intramolecular Hbond substituents is 1. The lowest BCUT2D eigenvalue weighted by Crippen LogP contribution is -2.39. The summed E-state index contributed by atoms with van der Waals surface area (Å²) in [6, 6.07) is 4.63. The molecular formula is C14H18ClNO2S. The van der Waals surface area contributed by atoms with Gasteiger partial charge in [0.2, 0.25) is 0 Å². The Kier molecular flexibility index (Phi) is 4.99. The summed E-state index contributed by atoms with van der Waals surface area (Å²) in [6.45, 7) is 0. The van der Waals surface area contributed by atoms with Gasteiger partial charge in [-0.1, -0.05) is 18.0 Å². The molecule has 1 saturated carbocycles. The SMILES string of the molecule is CSC1CCCC(NC(=O)c2cc(O)ccc2Cl)C1. The molecule has 5 heteroatoms. The van der Waals surface area contributed by atoms with Crippen LogP contribution in [0.5, 0.6) is 5.75 Å². The average Bonchev–Trinajstić information content (AvgIpc) is 2.41. The van der Waals surface area contributed by atoms with E-state index in [-0.39, 0.29) is 17.7 Å². The summed E-state index contributed by atoms with van der Waals surface area (Å²) < 4.78 is 0. The first-order valence-electron chi connectivity index (χ1n) is 6.42. The molecular weight excluding hydrogens is 282 g/mol. The first-order valence-corrected chi connectivity index (χ1v) is 8.09. The van der Waals surface area contributed by atoms with E-state index in [9.17, 15) is 9.90 Å². The fourth-order valence-electron chi connectivity index (χ4n) is 2.44. The van der Waals surface area contributed by atoms with Crippen molar-refractivity contribution in [3.05, 3.63) is 28.8 Å². The van der Waals surface area contributed by atoms with Crippen LogP contribution in [0.25, 0.3) is 0 Å². The van der Waals surface area contributed by atoms with Crippen molar-refractivity contribution in [3.63, 3.8) is 0 Å². The van der Waals surface area contributed by atoms with Crippen LogP contribution in [-0.2, 0) is 0 Å². The molecule has 1 aromatic rings. The quantitative estimate of drug-likeness (QED) is 0.899. The molecule has 2 rings (SSSR count). The normalized spacial score (nSPS) is 23.1. The van der Waals surface area contributed by atoms with Gasteiger partial charge < -0.3 is 10.4 Å². The highest BCUT2D eigenvalue weighted by atomic mass is 35.5. The molecule has 3 nitrogen and oxygen atoms in total. The first-order chi connectivity index (χ1) is 9.10. The number of halogens is 1. The monoisotopic (exact) mass is 299 g/mol. The molecule has 1 fully saturated rings. The van der Waals surface area contributed by atoms with E-state index in [0.29, 0.717) is 15.8 Å². The van der Waals surface area contributed by atoms with Gasteiger partial charge in [-0.25, -0.2) is 0 Å². The maximum absolute atomic E-state index is 12.2. The van der Waals surface area contributed by atoms with Crippen LogP contribution >= 0.6 is 23.4 Å². The topological polar surface area (TPSA) is 49.3 Å². The highest BCUT2D eigenvalue weighted by Gasteiger charge is 2.23. The number of aromatic hydroxyl groups is 1. The molecule has 0 spiro atoms. The Morgan fingerprint density at radius 2 is 2.26 bits per heavy atom. The van der Waals surface area contributed by atoms with Gasteiger partial charge >= 0.3 is 0 Å². The minimum Gasteiger partial charge on any atom is -0.508 e. The predicted octanol–water partition coefficient (Wildman–Crippen LogP) is 3.45. The van der Waals surface area contributed by atoms with Crippen molar-refractivity contribution in [1.29, 1.82) is 0 Å². The smallest absolute Gasteiger partial charge is 0.253 e. The Balaban J connectivity index is 2.02. The molecule has 2 unspecified atom stereocenters. The van der Waals surface area contributed by atoms with E-state index >= 15 is 0 Å². The highest BCUT2D eigenvalue weighted by Crippen LogP contribution is 2.27. The molecule has 104 valence electrons. The summed E-state index contributed by atoms with van der Waals surface area (Å²) >= 11 is 7.85. The number of nitrogens with one attached hydrogen (secondary N) is 1. The molecule has 2 N–H and O–H groups in total. The molecule has 19 heavy (non-hydrogen) atoms. The standard InChI is InChI=1S/C14H18ClNO2S/c1-19-11-4-2-3-9(7-11)16-14(18)12-8-10(17)5-6-13(12)15/h5-6,8-9,11,17H,2-4,7H2,1H3,(H,16,18). The molecule has 1 aromatic carbocycles. The van der Waals surface area contributed by atoms with Crippen molar-refractivity contribution in [2.45, 2.75) is 37.0 Å². The molecule has 1 aliphatic carbocycles. The number of carbonyl (C=O) groups excluding carboxylic acids is 1. The largest absolute Gasteiger partial charge is 0.508 e. The van der Waals surface area contributed by atoms with Crippen LogP contribution in [0, 0.1) is 0 Å². The van der Waals surface area contributed by atoms with Crippen LogP contribution in [0.15, 0.2) is 18.2 Å². The van der Waals surface area contributed by atoms with Gasteiger partial charge in [-0.05, 0) is 43.7 Å². The van der Waals surface area contributed by atoms with E-state index in [1.54, 1.807) is 0 Å². The summed E-state index contributed by atoms with van der Waals surface area (Å²) in [5.41, 5.74) is 0.341. The van der Waals surface area contributed by atoms with E-state index in [1.807, 2.05) is 11.8 Å². The first kappa shape index (κ1) is 14.5. The second-order valence-corrected chi connectivity index (χ2v) is 6.40. The molecule has 0 bridgehead atoms. The second-order valence-electron chi connectivity index (χ2n) is 4.86. The lowest BCUT2D eigenvalue weighted by atomic mass is 9.94. The van der Waals surface area contributed by atoms with Crippen LogP contribution in [0.3, 0.4) is 0 Å². The fraction of sp³-hybridized carbons (Fsp3) is 0.500. The van der Waals surface area contributed by atoms with E-state index in [4.69, 9.17) is 11.6 Å². The average molecular weight is 300 g/mol. The molecule has 1 aliphatic rings. The van der Waals surface area contributed by atoms with Crippen LogP contribution in [0.2, 0.25) is 5.02 Å². The fourth-order valence-corrected chi connectivity index (χ4v) is 3.47. The van der Waals surface area contributed by atoms with Crippen LogP contribution in [0.4, 0.5) is 0 Å². The minimum atomic E-state index is -0.201. The van der Waals surface area contributed by atoms with E-state index in [0.717, 1.165) is 19.3 Å². The number of phenols is 1.